The fraction of sp³-hybridized carbons (Fsp3) is 0.562. The van der Waals surface area contributed by atoms with E-state index in [1.165, 1.54) is 12.1 Å². The Morgan fingerprint density at radius 3 is 2.65 bits per heavy atom. The van der Waals surface area contributed by atoms with Crippen molar-refractivity contribution in [3.05, 3.63) is 29.8 Å². The van der Waals surface area contributed by atoms with Gasteiger partial charge in [-0.1, -0.05) is 6.07 Å². The number of alkyl halides is 3. The van der Waals surface area contributed by atoms with Gasteiger partial charge in [0.1, 0.15) is 5.75 Å². The fourth-order valence-corrected chi connectivity index (χ4v) is 2.67. The van der Waals surface area contributed by atoms with Crippen molar-refractivity contribution in [1.29, 1.82) is 0 Å². The molecule has 0 radical (unpaired) electrons. The molecule has 0 aliphatic carbocycles. The third-order valence-corrected chi connectivity index (χ3v) is 3.98. The van der Waals surface area contributed by atoms with Crippen LogP contribution in [0.25, 0.3) is 0 Å². The number of benzene rings is 1. The zero-order valence-corrected chi connectivity index (χ0v) is 13.0. The summed E-state index contributed by atoms with van der Waals surface area (Å²) in [6.07, 6.45) is -2.56. The number of carbonyl (C=O) groups is 1. The number of amides is 1. The van der Waals surface area contributed by atoms with Crippen LogP contribution >= 0.6 is 0 Å². The number of hydrogen-bond acceptors (Lipinski definition) is 3. The SMILES string of the molecule is CNCC1CCN(C(=O)COc2cccc(C(F)(F)F)c2)CC1. The first-order valence-electron chi connectivity index (χ1n) is 7.62. The number of nitrogens with zero attached hydrogens (tertiary/aromatic N) is 1. The van der Waals surface area contributed by atoms with Crippen molar-refractivity contribution in [2.24, 2.45) is 5.92 Å². The second kappa shape index (κ2) is 7.68. The Hall–Kier alpha value is -1.76. The summed E-state index contributed by atoms with van der Waals surface area (Å²) in [6, 6.07) is 4.57. The lowest BCUT2D eigenvalue weighted by Crippen LogP contribution is -2.42. The summed E-state index contributed by atoms with van der Waals surface area (Å²) in [5.41, 5.74) is -0.782. The molecule has 7 heteroatoms. The molecular formula is C16H21F3N2O2. The first-order chi connectivity index (χ1) is 10.9. The van der Waals surface area contributed by atoms with Crippen LogP contribution in [0, 0.1) is 5.92 Å². The van der Waals surface area contributed by atoms with Gasteiger partial charge in [-0.15, -0.1) is 0 Å². The van der Waals surface area contributed by atoms with Gasteiger partial charge in [0.2, 0.25) is 0 Å². The number of rotatable bonds is 5. The Balaban J connectivity index is 1.83. The smallest absolute Gasteiger partial charge is 0.416 e. The molecule has 1 aromatic carbocycles. The van der Waals surface area contributed by atoms with Crippen LogP contribution < -0.4 is 10.1 Å². The van der Waals surface area contributed by atoms with Gasteiger partial charge < -0.3 is 15.0 Å². The van der Waals surface area contributed by atoms with E-state index in [0.717, 1.165) is 31.5 Å². The van der Waals surface area contributed by atoms with Gasteiger partial charge in [0.25, 0.3) is 5.91 Å². The van der Waals surface area contributed by atoms with Crippen LogP contribution in [0.1, 0.15) is 18.4 Å². The molecule has 0 spiro atoms. The van der Waals surface area contributed by atoms with Crippen LogP contribution in [0.3, 0.4) is 0 Å². The van der Waals surface area contributed by atoms with E-state index < -0.39 is 11.7 Å². The van der Waals surface area contributed by atoms with Crippen LogP contribution in [0.5, 0.6) is 5.75 Å². The highest BCUT2D eigenvalue weighted by Crippen LogP contribution is 2.31. The Kier molecular flexibility index (Phi) is 5.87. The summed E-state index contributed by atoms with van der Waals surface area (Å²) in [4.78, 5) is 13.8. The first kappa shape index (κ1) is 17.6. The third-order valence-electron chi connectivity index (χ3n) is 3.98. The molecular weight excluding hydrogens is 309 g/mol. The minimum atomic E-state index is -4.42. The monoisotopic (exact) mass is 330 g/mol. The molecule has 1 aliphatic rings. The van der Waals surface area contributed by atoms with E-state index in [4.69, 9.17) is 4.74 Å². The lowest BCUT2D eigenvalue weighted by Gasteiger charge is -2.31. The number of nitrogens with one attached hydrogen (secondary N) is 1. The van der Waals surface area contributed by atoms with E-state index in [1.807, 2.05) is 7.05 Å². The summed E-state index contributed by atoms with van der Waals surface area (Å²) < 4.78 is 43.1. The van der Waals surface area contributed by atoms with E-state index in [9.17, 15) is 18.0 Å². The molecule has 0 bridgehead atoms. The van der Waals surface area contributed by atoms with Crippen LogP contribution in [-0.4, -0.2) is 44.1 Å². The Morgan fingerprint density at radius 1 is 1.35 bits per heavy atom. The maximum atomic E-state index is 12.6. The molecule has 0 atom stereocenters. The summed E-state index contributed by atoms with van der Waals surface area (Å²) in [6.45, 7) is 2.02. The van der Waals surface area contributed by atoms with Gasteiger partial charge in [-0.2, -0.15) is 13.2 Å². The van der Waals surface area contributed by atoms with E-state index in [0.29, 0.717) is 19.0 Å². The molecule has 1 amide bonds. The summed E-state index contributed by atoms with van der Waals surface area (Å²) >= 11 is 0. The van der Waals surface area contributed by atoms with Crippen molar-refractivity contribution in [3.63, 3.8) is 0 Å². The van der Waals surface area contributed by atoms with E-state index in [1.54, 1.807) is 4.90 Å². The van der Waals surface area contributed by atoms with E-state index >= 15 is 0 Å². The van der Waals surface area contributed by atoms with Crippen LogP contribution in [-0.2, 0) is 11.0 Å². The molecule has 1 fully saturated rings. The van der Waals surface area contributed by atoms with Gasteiger partial charge in [0, 0.05) is 13.1 Å². The van der Waals surface area contributed by atoms with Gasteiger partial charge >= 0.3 is 6.18 Å². The van der Waals surface area contributed by atoms with Gasteiger partial charge in [0.15, 0.2) is 6.61 Å². The number of halogens is 3. The third kappa shape index (κ3) is 5.13. The van der Waals surface area contributed by atoms with Crippen molar-refractivity contribution in [2.45, 2.75) is 19.0 Å². The second-order valence-corrected chi connectivity index (χ2v) is 5.70. The highest BCUT2D eigenvalue weighted by Gasteiger charge is 2.30. The molecule has 1 N–H and O–H groups in total. The second-order valence-electron chi connectivity index (χ2n) is 5.70. The highest BCUT2D eigenvalue weighted by molar-refractivity contribution is 5.77. The standard InChI is InChI=1S/C16H21F3N2O2/c1-20-10-12-5-7-21(8-6-12)15(22)11-23-14-4-2-3-13(9-14)16(17,18)19/h2-4,9,12,20H,5-8,10-11H2,1H3. The van der Waals surface area contributed by atoms with Crippen molar-refractivity contribution < 1.29 is 22.7 Å². The minimum Gasteiger partial charge on any atom is -0.484 e. The fourth-order valence-electron chi connectivity index (χ4n) is 2.67. The molecule has 4 nitrogen and oxygen atoms in total. The average Bonchev–Trinajstić information content (AvgIpc) is 2.53. The lowest BCUT2D eigenvalue weighted by molar-refractivity contribution is -0.137. The molecule has 0 aromatic heterocycles. The zero-order valence-electron chi connectivity index (χ0n) is 13.0. The quantitative estimate of drug-likeness (QED) is 0.902. The van der Waals surface area contributed by atoms with Gasteiger partial charge in [0.05, 0.1) is 5.56 Å². The van der Waals surface area contributed by atoms with E-state index in [-0.39, 0.29) is 18.3 Å². The Morgan fingerprint density at radius 2 is 2.04 bits per heavy atom. The van der Waals surface area contributed by atoms with Crippen molar-refractivity contribution >= 4 is 5.91 Å². The molecule has 1 aromatic rings. The zero-order chi connectivity index (χ0) is 16.9. The molecule has 2 rings (SSSR count). The number of hydrogen-bond donors (Lipinski definition) is 1. The van der Waals surface area contributed by atoms with E-state index in [2.05, 4.69) is 5.32 Å². The molecule has 128 valence electrons. The molecule has 23 heavy (non-hydrogen) atoms. The van der Waals surface area contributed by atoms with Gasteiger partial charge in [-0.05, 0) is 50.6 Å². The Bertz CT molecular complexity index is 526. The molecule has 1 saturated heterocycles. The first-order valence-corrected chi connectivity index (χ1v) is 7.62. The van der Waals surface area contributed by atoms with Crippen molar-refractivity contribution in [1.82, 2.24) is 10.2 Å². The molecule has 0 unspecified atom stereocenters. The van der Waals surface area contributed by atoms with Gasteiger partial charge in [-0.3, -0.25) is 4.79 Å². The van der Waals surface area contributed by atoms with Crippen LogP contribution in [0.4, 0.5) is 13.2 Å². The number of ether oxygens (including phenoxy) is 1. The maximum absolute atomic E-state index is 12.6. The topological polar surface area (TPSA) is 41.6 Å². The molecule has 0 saturated carbocycles. The maximum Gasteiger partial charge on any atom is 0.416 e. The average molecular weight is 330 g/mol. The van der Waals surface area contributed by atoms with Crippen LogP contribution in [0.15, 0.2) is 24.3 Å². The Labute approximate surface area is 133 Å². The predicted molar refractivity (Wildman–Crippen MR) is 80.2 cm³/mol. The summed E-state index contributed by atoms with van der Waals surface area (Å²) in [7, 11) is 1.90. The number of likely N-dealkylation sites (tertiary alicyclic amines) is 1. The summed E-state index contributed by atoms with van der Waals surface area (Å²) in [5.74, 6) is 0.428. The molecule has 1 heterocycles. The van der Waals surface area contributed by atoms with Crippen molar-refractivity contribution in [3.8, 4) is 5.75 Å². The molecule has 1 aliphatic heterocycles. The van der Waals surface area contributed by atoms with Crippen molar-refractivity contribution in [2.75, 3.05) is 33.3 Å². The number of carbonyl (C=O) groups excluding carboxylic acids is 1. The lowest BCUT2D eigenvalue weighted by atomic mass is 9.97. The van der Waals surface area contributed by atoms with Crippen LogP contribution in [0.2, 0.25) is 0 Å². The highest BCUT2D eigenvalue weighted by atomic mass is 19.4. The number of piperidine rings is 1. The van der Waals surface area contributed by atoms with Gasteiger partial charge in [-0.25, -0.2) is 0 Å². The largest absolute Gasteiger partial charge is 0.484 e. The summed E-state index contributed by atoms with van der Waals surface area (Å²) in [5, 5.41) is 3.13. The minimum absolute atomic E-state index is 0.0539. The normalized spacial score (nSPS) is 16.4. The predicted octanol–water partition coefficient (Wildman–Crippen LogP) is 2.54.